The molecule has 0 aliphatic carbocycles. The fourth-order valence-electron chi connectivity index (χ4n) is 3.23. The molecule has 3 rings (SSSR count). The fourth-order valence-corrected chi connectivity index (χ4v) is 4.57. The molecule has 7 nitrogen and oxygen atoms in total. The molecule has 0 radical (unpaired) electrons. The van der Waals surface area contributed by atoms with E-state index in [4.69, 9.17) is 11.6 Å². The van der Waals surface area contributed by atoms with E-state index in [9.17, 15) is 13.2 Å². The lowest BCUT2D eigenvalue weighted by Crippen LogP contribution is -2.43. The van der Waals surface area contributed by atoms with Crippen LogP contribution in [0.25, 0.3) is 0 Å². The minimum atomic E-state index is -3.89. The highest BCUT2D eigenvalue weighted by molar-refractivity contribution is 7.92. The Morgan fingerprint density at radius 2 is 1.83 bits per heavy atom. The minimum absolute atomic E-state index is 0.0276. The molecular weight excluding hydrogens is 424 g/mol. The molecule has 1 heterocycles. The van der Waals surface area contributed by atoms with Crippen molar-refractivity contribution in [1.29, 1.82) is 0 Å². The summed E-state index contributed by atoms with van der Waals surface area (Å²) in [4.78, 5) is 14.7. The summed E-state index contributed by atoms with van der Waals surface area (Å²) in [7, 11) is -3.89. The largest absolute Gasteiger partial charge is 0.367 e. The van der Waals surface area contributed by atoms with Gasteiger partial charge in [0.1, 0.15) is 0 Å². The zero-order valence-electron chi connectivity index (χ0n) is 17.3. The molecule has 3 N–H and O–H groups in total. The molecule has 0 atom stereocenters. The Balaban J connectivity index is 2.00. The Kier molecular flexibility index (Phi) is 6.90. The number of nitrogens with one attached hydrogen (secondary N) is 3. The average Bonchev–Trinajstić information content (AvgIpc) is 2.69. The Morgan fingerprint density at radius 3 is 2.47 bits per heavy atom. The van der Waals surface area contributed by atoms with Crippen molar-refractivity contribution >= 4 is 38.9 Å². The summed E-state index contributed by atoms with van der Waals surface area (Å²) >= 11 is 6.13. The lowest BCUT2D eigenvalue weighted by atomic mass is 10.1. The molecule has 1 saturated heterocycles. The molecule has 0 spiro atoms. The Morgan fingerprint density at radius 1 is 1.13 bits per heavy atom. The number of halogens is 1. The van der Waals surface area contributed by atoms with Gasteiger partial charge in [-0.05, 0) is 56.7 Å². The molecule has 1 amide bonds. The third kappa shape index (κ3) is 5.24. The summed E-state index contributed by atoms with van der Waals surface area (Å²) in [5.74, 6) is -0.254. The molecule has 1 aliphatic heterocycles. The molecule has 2 aromatic carbocycles. The summed E-state index contributed by atoms with van der Waals surface area (Å²) in [6, 6.07) is 9.68. The number of benzene rings is 2. The number of aryl methyl sites for hydroxylation is 1. The van der Waals surface area contributed by atoms with Gasteiger partial charge in [-0.25, -0.2) is 8.42 Å². The smallest absolute Gasteiger partial charge is 0.262 e. The van der Waals surface area contributed by atoms with Gasteiger partial charge in [0, 0.05) is 42.8 Å². The Labute approximate surface area is 182 Å². The fraction of sp³-hybridized carbons (Fsp3) is 0.381. The zero-order valence-corrected chi connectivity index (χ0v) is 18.9. The van der Waals surface area contributed by atoms with E-state index < -0.39 is 10.0 Å². The lowest BCUT2D eigenvalue weighted by molar-refractivity contribution is 0.0943. The molecular formula is C21H27ClN4O3S. The van der Waals surface area contributed by atoms with Crippen LogP contribution in [0.5, 0.6) is 0 Å². The number of nitrogens with zero attached hydrogens (tertiary/aromatic N) is 1. The van der Waals surface area contributed by atoms with Gasteiger partial charge in [0.2, 0.25) is 0 Å². The number of rotatable bonds is 6. The van der Waals surface area contributed by atoms with Crippen LogP contribution < -0.4 is 20.3 Å². The van der Waals surface area contributed by atoms with Crippen molar-refractivity contribution in [2.24, 2.45) is 0 Å². The van der Waals surface area contributed by atoms with Crippen molar-refractivity contribution in [3.8, 4) is 0 Å². The normalized spacial score (nSPS) is 14.6. The first kappa shape index (κ1) is 22.4. The zero-order chi connectivity index (χ0) is 21.9. The van der Waals surface area contributed by atoms with Crippen LogP contribution in [0.1, 0.15) is 29.8 Å². The predicted molar refractivity (Wildman–Crippen MR) is 121 cm³/mol. The van der Waals surface area contributed by atoms with Crippen LogP contribution in [-0.4, -0.2) is 46.5 Å². The van der Waals surface area contributed by atoms with Crippen molar-refractivity contribution in [3.05, 3.63) is 52.5 Å². The monoisotopic (exact) mass is 450 g/mol. The standard InChI is InChI=1S/C21H27ClN4O3S/c1-14(2)24-21(27)16-5-7-20(26-10-8-23-9-11-26)19(12-16)25-30(28,29)17-6-4-15(3)18(22)13-17/h4-7,12-14,23,25H,8-11H2,1-3H3,(H,24,27). The van der Waals surface area contributed by atoms with Crippen molar-refractivity contribution in [3.63, 3.8) is 0 Å². The second-order valence-corrected chi connectivity index (χ2v) is 9.70. The molecule has 9 heteroatoms. The van der Waals surface area contributed by atoms with Gasteiger partial charge >= 0.3 is 0 Å². The molecule has 0 aromatic heterocycles. The Hall–Kier alpha value is -2.29. The van der Waals surface area contributed by atoms with Crippen LogP contribution in [0.3, 0.4) is 0 Å². The van der Waals surface area contributed by atoms with E-state index >= 15 is 0 Å². The summed E-state index contributed by atoms with van der Waals surface area (Å²) in [5, 5.41) is 6.50. The van der Waals surface area contributed by atoms with E-state index in [1.807, 2.05) is 20.8 Å². The van der Waals surface area contributed by atoms with E-state index in [1.54, 1.807) is 24.3 Å². The molecule has 1 aliphatic rings. The molecule has 0 bridgehead atoms. The molecule has 162 valence electrons. The van der Waals surface area contributed by atoms with Crippen LogP contribution in [0.4, 0.5) is 11.4 Å². The number of sulfonamides is 1. The van der Waals surface area contributed by atoms with E-state index in [0.29, 0.717) is 16.3 Å². The summed E-state index contributed by atoms with van der Waals surface area (Å²) in [6.07, 6.45) is 0. The molecule has 1 fully saturated rings. The summed E-state index contributed by atoms with van der Waals surface area (Å²) < 4.78 is 28.8. The van der Waals surface area contributed by atoms with Gasteiger partial charge in [0.05, 0.1) is 16.3 Å². The topological polar surface area (TPSA) is 90.5 Å². The highest BCUT2D eigenvalue weighted by atomic mass is 35.5. The first-order valence-electron chi connectivity index (χ1n) is 9.87. The number of carbonyl (C=O) groups excluding carboxylic acids is 1. The third-order valence-corrected chi connectivity index (χ3v) is 6.60. The SMILES string of the molecule is Cc1ccc(S(=O)(=O)Nc2cc(C(=O)NC(C)C)ccc2N2CCNCC2)cc1Cl. The number of anilines is 2. The molecule has 0 saturated carbocycles. The average molecular weight is 451 g/mol. The highest BCUT2D eigenvalue weighted by Gasteiger charge is 2.22. The van der Waals surface area contributed by atoms with Crippen molar-refractivity contribution in [2.75, 3.05) is 35.8 Å². The summed E-state index contributed by atoms with van der Waals surface area (Å²) in [6.45, 7) is 8.64. The first-order chi connectivity index (χ1) is 14.2. The number of amides is 1. The maximum Gasteiger partial charge on any atom is 0.262 e. The van der Waals surface area contributed by atoms with Gasteiger partial charge in [-0.15, -0.1) is 0 Å². The molecule has 0 unspecified atom stereocenters. The van der Waals surface area contributed by atoms with Crippen LogP contribution >= 0.6 is 11.6 Å². The van der Waals surface area contributed by atoms with Gasteiger partial charge < -0.3 is 15.5 Å². The van der Waals surface area contributed by atoms with Crippen LogP contribution in [0.15, 0.2) is 41.3 Å². The van der Waals surface area contributed by atoms with Crippen molar-refractivity contribution in [1.82, 2.24) is 10.6 Å². The van der Waals surface area contributed by atoms with Gasteiger partial charge in [-0.1, -0.05) is 17.7 Å². The second-order valence-electron chi connectivity index (χ2n) is 7.61. The quantitative estimate of drug-likeness (QED) is 0.629. The maximum absolute atomic E-state index is 13.1. The predicted octanol–water partition coefficient (Wildman–Crippen LogP) is 3.00. The van der Waals surface area contributed by atoms with Gasteiger partial charge in [-0.2, -0.15) is 0 Å². The molecule has 30 heavy (non-hydrogen) atoms. The van der Waals surface area contributed by atoms with E-state index in [0.717, 1.165) is 37.4 Å². The minimum Gasteiger partial charge on any atom is -0.367 e. The number of carbonyl (C=O) groups is 1. The van der Waals surface area contributed by atoms with Crippen LogP contribution in [0, 0.1) is 6.92 Å². The van der Waals surface area contributed by atoms with Gasteiger partial charge in [0.15, 0.2) is 0 Å². The maximum atomic E-state index is 13.1. The number of hydrogen-bond donors (Lipinski definition) is 3. The summed E-state index contributed by atoms with van der Waals surface area (Å²) in [5.41, 5.74) is 2.29. The number of piperazine rings is 1. The number of hydrogen-bond acceptors (Lipinski definition) is 5. The van der Waals surface area contributed by atoms with Crippen molar-refractivity contribution in [2.45, 2.75) is 31.7 Å². The molecule has 2 aromatic rings. The van der Waals surface area contributed by atoms with Crippen molar-refractivity contribution < 1.29 is 13.2 Å². The van der Waals surface area contributed by atoms with Gasteiger partial charge in [-0.3, -0.25) is 9.52 Å². The lowest BCUT2D eigenvalue weighted by Gasteiger charge is -2.31. The highest BCUT2D eigenvalue weighted by Crippen LogP contribution is 2.31. The Bertz CT molecular complexity index is 1030. The van der Waals surface area contributed by atoms with E-state index in [-0.39, 0.29) is 16.8 Å². The van der Waals surface area contributed by atoms with Gasteiger partial charge in [0.25, 0.3) is 15.9 Å². The van der Waals surface area contributed by atoms with E-state index in [2.05, 4.69) is 20.3 Å². The third-order valence-electron chi connectivity index (χ3n) is 4.83. The van der Waals surface area contributed by atoms with E-state index in [1.165, 1.54) is 12.1 Å². The second kappa shape index (κ2) is 9.24. The van der Waals surface area contributed by atoms with Crippen LogP contribution in [-0.2, 0) is 10.0 Å². The first-order valence-corrected chi connectivity index (χ1v) is 11.7. The van der Waals surface area contributed by atoms with Crippen LogP contribution in [0.2, 0.25) is 5.02 Å².